The summed E-state index contributed by atoms with van der Waals surface area (Å²) in [5.41, 5.74) is 0. The topological polar surface area (TPSA) is 41.9 Å². The number of thioether (sulfide) groups is 1. The second kappa shape index (κ2) is 6.06. The first-order valence-electron chi connectivity index (χ1n) is 6.39. The number of aromatic nitrogens is 3. The summed E-state index contributed by atoms with van der Waals surface area (Å²) in [5.74, 6) is 1.31. The molecular weight excluding hydrogens is 268 g/mol. The fourth-order valence-electron chi connectivity index (χ4n) is 1.74. The van der Waals surface area contributed by atoms with Crippen molar-refractivity contribution < 1.29 is 0 Å². The van der Waals surface area contributed by atoms with Crippen molar-refractivity contribution in [1.82, 2.24) is 15.0 Å². The van der Waals surface area contributed by atoms with Gasteiger partial charge in [-0.1, -0.05) is 32.5 Å². The fourth-order valence-corrected chi connectivity index (χ4v) is 2.82. The Labute approximate surface area is 118 Å². The molecule has 2 rings (SSSR count). The van der Waals surface area contributed by atoms with Gasteiger partial charge >= 0.3 is 0 Å². The summed E-state index contributed by atoms with van der Waals surface area (Å²) in [6, 6.07) is 0. The molecule has 1 aliphatic heterocycles. The van der Waals surface area contributed by atoms with Crippen molar-refractivity contribution in [3.63, 3.8) is 0 Å². The molecule has 0 radical (unpaired) electrons. The van der Waals surface area contributed by atoms with Crippen LogP contribution in [0.25, 0.3) is 0 Å². The van der Waals surface area contributed by atoms with Gasteiger partial charge in [0.25, 0.3) is 0 Å². The molecule has 1 saturated heterocycles. The van der Waals surface area contributed by atoms with Crippen molar-refractivity contribution in [2.45, 2.75) is 44.0 Å². The largest absolute Gasteiger partial charge is 0.341 e. The predicted octanol–water partition coefficient (Wildman–Crippen LogP) is 3.26. The van der Waals surface area contributed by atoms with Crippen LogP contribution in [0, 0.1) is 5.92 Å². The van der Waals surface area contributed by atoms with Gasteiger partial charge in [0.15, 0.2) is 5.16 Å². The van der Waals surface area contributed by atoms with Gasteiger partial charge in [0.2, 0.25) is 11.2 Å². The molecule has 0 spiro atoms. The first-order chi connectivity index (χ1) is 8.56. The van der Waals surface area contributed by atoms with Gasteiger partial charge in [0, 0.05) is 18.3 Å². The van der Waals surface area contributed by atoms with Crippen molar-refractivity contribution >= 4 is 29.3 Å². The molecular formula is C12H19ClN4S. The van der Waals surface area contributed by atoms with Gasteiger partial charge in [0.1, 0.15) is 0 Å². The molecule has 1 unspecified atom stereocenters. The second-order valence-corrected chi connectivity index (χ2v) is 6.63. The van der Waals surface area contributed by atoms with Crippen LogP contribution in [0.1, 0.15) is 33.6 Å². The number of hydrogen-bond donors (Lipinski definition) is 0. The number of rotatable bonds is 4. The molecule has 0 aromatic carbocycles. The van der Waals surface area contributed by atoms with Crippen molar-refractivity contribution in [1.29, 1.82) is 0 Å². The lowest BCUT2D eigenvalue weighted by Gasteiger charge is -2.17. The van der Waals surface area contributed by atoms with E-state index in [2.05, 4.69) is 40.6 Å². The number of nitrogens with zero attached hydrogens (tertiary/aromatic N) is 4. The Balaban J connectivity index is 2.15. The molecule has 18 heavy (non-hydrogen) atoms. The van der Waals surface area contributed by atoms with Crippen molar-refractivity contribution in [2.75, 3.05) is 18.0 Å². The molecule has 2 heterocycles. The Morgan fingerprint density at radius 2 is 1.78 bits per heavy atom. The van der Waals surface area contributed by atoms with Gasteiger partial charge in [0.05, 0.1) is 0 Å². The molecule has 1 aromatic rings. The average Bonchev–Trinajstić information content (AvgIpc) is 2.81. The highest BCUT2D eigenvalue weighted by molar-refractivity contribution is 7.99. The minimum Gasteiger partial charge on any atom is -0.341 e. The first-order valence-corrected chi connectivity index (χ1v) is 7.65. The molecule has 0 N–H and O–H groups in total. The molecule has 1 fully saturated rings. The van der Waals surface area contributed by atoms with Crippen LogP contribution in [0.15, 0.2) is 5.16 Å². The maximum Gasteiger partial charge on any atom is 0.230 e. The summed E-state index contributed by atoms with van der Waals surface area (Å²) in [6.07, 6.45) is 2.41. The van der Waals surface area contributed by atoms with E-state index < -0.39 is 0 Å². The van der Waals surface area contributed by atoms with E-state index in [4.69, 9.17) is 11.6 Å². The zero-order valence-corrected chi connectivity index (χ0v) is 12.6. The summed E-state index contributed by atoms with van der Waals surface area (Å²) < 4.78 is 0. The molecule has 0 amide bonds. The van der Waals surface area contributed by atoms with Crippen LogP contribution in [0.2, 0.25) is 5.28 Å². The normalized spacial score (nSPS) is 17.5. The second-order valence-electron chi connectivity index (χ2n) is 4.95. The number of anilines is 1. The van der Waals surface area contributed by atoms with Crippen LogP contribution in [0.5, 0.6) is 0 Å². The van der Waals surface area contributed by atoms with Crippen LogP contribution in [-0.2, 0) is 0 Å². The van der Waals surface area contributed by atoms with E-state index in [1.165, 1.54) is 12.8 Å². The zero-order valence-electron chi connectivity index (χ0n) is 11.1. The summed E-state index contributed by atoms with van der Waals surface area (Å²) >= 11 is 7.65. The molecule has 100 valence electrons. The maximum absolute atomic E-state index is 5.99. The van der Waals surface area contributed by atoms with E-state index in [0.717, 1.165) is 24.2 Å². The Hall–Kier alpha value is -0.550. The van der Waals surface area contributed by atoms with Crippen molar-refractivity contribution in [3.8, 4) is 0 Å². The molecule has 1 aromatic heterocycles. The SMILES string of the molecule is CC(C)C(C)Sc1nc(Cl)nc(N2CCCC2)n1. The monoisotopic (exact) mass is 286 g/mol. The molecule has 1 aliphatic rings. The van der Waals surface area contributed by atoms with E-state index in [9.17, 15) is 0 Å². The Bertz CT molecular complexity index is 407. The summed E-state index contributed by atoms with van der Waals surface area (Å²) in [6.45, 7) is 8.61. The Kier molecular flexibility index (Phi) is 4.67. The van der Waals surface area contributed by atoms with Crippen LogP contribution in [0.3, 0.4) is 0 Å². The van der Waals surface area contributed by atoms with Crippen molar-refractivity contribution in [2.24, 2.45) is 5.92 Å². The van der Waals surface area contributed by atoms with Crippen LogP contribution >= 0.6 is 23.4 Å². The lowest BCUT2D eigenvalue weighted by Crippen LogP contribution is -2.21. The molecule has 0 aliphatic carbocycles. The Morgan fingerprint density at radius 1 is 1.11 bits per heavy atom. The highest BCUT2D eigenvalue weighted by Gasteiger charge is 2.18. The van der Waals surface area contributed by atoms with Gasteiger partial charge in [-0.15, -0.1) is 0 Å². The third kappa shape index (κ3) is 3.48. The van der Waals surface area contributed by atoms with Gasteiger partial charge in [-0.05, 0) is 30.4 Å². The van der Waals surface area contributed by atoms with E-state index in [-0.39, 0.29) is 0 Å². The highest BCUT2D eigenvalue weighted by Crippen LogP contribution is 2.27. The zero-order chi connectivity index (χ0) is 13.1. The lowest BCUT2D eigenvalue weighted by molar-refractivity contribution is 0.639. The van der Waals surface area contributed by atoms with Crippen LogP contribution in [-0.4, -0.2) is 33.3 Å². The van der Waals surface area contributed by atoms with E-state index >= 15 is 0 Å². The van der Waals surface area contributed by atoms with Crippen LogP contribution < -0.4 is 4.90 Å². The van der Waals surface area contributed by atoms with Gasteiger partial charge in [-0.25, -0.2) is 0 Å². The third-order valence-corrected chi connectivity index (χ3v) is 4.67. The number of hydrogen-bond acceptors (Lipinski definition) is 5. The van der Waals surface area contributed by atoms with Gasteiger partial charge < -0.3 is 4.90 Å². The van der Waals surface area contributed by atoms with Gasteiger partial charge in [-0.2, -0.15) is 15.0 Å². The molecule has 1 atom stereocenters. The summed E-state index contributed by atoms with van der Waals surface area (Å²) in [7, 11) is 0. The van der Waals surface area contributed by atoms with E-state index in [0.29, 0.717) is 16.5 Å². The number of halogens is 1. The fraction of sp³-hybridized carbons (Fsp3) is 0.750. The summed E-state index contributed by atoms with van der Waals surface area (Å²) in [4.78, 5) is 15.1. The van der Waals surface area contributed by atoms with Gasteiger partial charge in [-0.3, -0.25) is 0 Å². The quantitative estimate of drug-likeness (QED) is 0.795. The minimum atomic E-state index is 0.297. The summed E-state index contributed by atoms with van der Waals surface area (Å²) in [5, 5.41) is 1.50. The lowest BCUT2D eigenvalue weighted by atomic mass is 10.2. The van der Waals surface area contributed by atoms with Crippen LogP contribution in [0.4, 0.5) is 5.95 Å². The first kappa shape index (κ1) is 13.9. The molecule has 0 bridgehead atoms. The molecule has 4 nitrogen and oxygen atoms in total. The van der Waals surface area contributed by atoms with E-state index in [1.54, 1.807) is 11.8 Å². The Morgan fingerprint density at radius 3 is 2.39 bits per heavy atom. The average molecular weight is 287 g/mol. The predicted molar refractivity (Wildman–Crippen MR) is 76.4 cm³/mol. The molecule has 0 saturated carbocycles. The maximum atomic E-state index is 5.99. The smallest absolute Gasteiger partial charge is 0.230 e. The highest BCUT2D eigenvalue weighted by atomic mass is 35.5. The minimum absolute atomic E-state index is 0.297. The van der Waals surface area contributed by atoms with Crippen molar-refractivity contribution in [3.05, 3.63) is 5.28 Å². The molecule has 6 heteroatoms. The standard InChI is InChI=1S/C12H19ClN4S/c1-8(2)9(3)18-12-15-10(13)14-11(16-12)17-6-4-5-7-17/h8-9H,4-7H2,1-3H3. The van der Waals surface area contributed by atoms with E-state index in [1.807, 2.05) is 0 Å². The third-order valence-electron chi connectivity index (χ3n) is 3.19.